The lowest BCUT2D eigenvalue weighted by Gasteiger charge is -2.52. The molecule has 4 aliphatic carbocycles. The van der Waals surface area contributed by atoms with Crippen LogP contribution >= 0.6 is 0 Å². The number of hydrogen-bond acceptors (Lipinski definition) is 4. The lowest BCUT2D eigenvalue weighted by Crippen LogP contribution is -2.45. The number of benzene rings is 2. The Labute approximate surface area is 207 Å². The van der Waals surface area contributed by atoms with E-state index in [1.165, 1.54) is 16.7 Å². The van der Waals surface area contributed by atoms with Crippen molar-refractivity contribution in [2.75, 3.05) is 7.11 Å². The van der Waals surface area contributed by atoms with Crippen molar-refractivity contribution in [3.8, 4) is 17.2 Å². The monoisotopic (exact) mass is 470 g/mol. The smallest absolute Gasteiger partial charge is 0.156 e. The molecule has 1 N–H and O–H groups in total. The normalized spacial score (nSPS) is 31.9. The van der Waals surface area contributed by atoms with Gasteiger partial charge in [0.2, 0.25) is 0 Å². The molecule has 2 saturated carbocycles. The van der Waals surface area contributed by atoms with Gasteiger partial charge in [0.05, 0.1) is 13.2 Å². The molecule has 0 aliphatic heterocycles. The molecule has 2 aromatic carbocycles. The highest BCUT2D eigenvalue weighted by Gasteiger charge is 2.56. The van der Waals surface area contributed by atoms with Crippen molar-refractivity contribution < 1.29 is 19.4 Å². The first-order chi connectivity index (χ1) is 17.0. The number of fused-ring (bicyclic) bond motifs is 4. The Morgan fingerprint density at radius 1 is 0.886 bits per heavy atom. The molecule has 4 heteroatoms. The molecule has 0 spiro atoms. The SMILES string of the molecule is COc1ccc(Oc2ccc(C3CC4(C)C(O)CCC4C4CCC5=CC(=O)CCC5=C34)cc2)cc1. The highest BCUT2D eigenvalue weighted by molar-refractivity contribution is 5.93. The van der Waals surface area contributed by atoms with E-state index in [4.69, 9.17) is 9.47 Å². The Bertz CT molecular complexity index is 1190. The first-order valence-electron chi connectivity index (χ1n) is 13.0. The van der Waals surface area contributed by atoms with Gasteiger partial charge in [-0.2, -0.15) is 0 Å². The summed E-state index contributed by atoms with van der Waals surface area (Å²) in [4.78, 5) is 12.2. The summed E-state index contributed by atoms with van der Waals surface area (Å²) in [5.74, 6) is 3.98. The molecular formula is C31H34O4. The van der Waals surface area contributed by atoms with Crippen molar-refractivity contribution in [2.24, 2.45) is 17.3 Å². The molecule has 6 rings (SSSR count). The Hall–Kier alpha value is -2.85. The van der Waals surface area contributed by atoms with Gasteiger partial charge in [0.25, 0.3) is 0 Å². The summed E-state index contributed by atoms with van der Waals surface area (Å²) in [5.41, 5.74) is 5.53. The third-order valence-corrected chi connectivity index (χ3v) is 9.26. The average Bonchev–Trinajstić information content (AvgIpc) is 3.18. The fourth-order valence-electron chi connectivity index (χ4n) is 7.48. The molecule has 0 saturated heterocycles. The van der Waals surface area contributed by atoms with E-state index >= 15 is 0 Å². The zero-order valence-electron chi connectivity index (χ0n) is 20.6. The number of ketones is 1. The van der Waals surface area contributed by atoms with E-state index in [1.54, 1.807) is 12.7 Å². The maximum atomic E-state index is 12.2. The van der Waals surface area contributed by atoms with Gasteiger partial charge in [0.1, 0.15) is 17.2 Å². The van der Waals surface area contributed by atoms with Crippen LogP contribution in [0.4, 0.5) is 0 Å². The van der Waals surface area contributed by atoms with Crippen LogP contribution in [0.2, 0.25) is 0 Å². The number of hydrogen-bond donors (Lipinski definition) is 1. The minimum Gasteiger partial charge on any atom is -0.497 e. The largest absolute Gasteiger partial charge is 0.497 e. The Balaban J connectivity index is 1.35. The van der Waals surface area contributed by atoms with E-state index in [0.717, 1.165) is 55.8 Å². The van der Waals surface area contributed by atoms with Gasteiger partial charge < -0.3 is 14.6 Å². The van der Waals surface area contributed by atoms with Crippen LogP contribution in [0.5, 0.6) is 17.2 Å². The molecule has 4 aliphatic rings. The Morgan fingerprint density at radius 3 is 2.29 bits per heavy atom. The van der Waals surface area contributed by atoms with Gasteiger partial charge in [-0.25, -0.2) is 0 Å². The number of methoxy groups -OCH3 is 1. The lowest BCUT2D eigenvalue weighted by atomic mass is 9.53. The van der Waals surface area contributed by atoms with Crippen molar-refractivity contribution in [2.45, 2.75) is 63.9 Å². The molecule has 0 heterocycles. The zero-order valence-corrected chi connectivity index (χ0v) is 20.6. The molecule has 0 radical (unpaired) electrons. The Kier molecular flexibility index (Phi) is 5.60. The topological polar surface area (TPSA) is 55.8 Å². The highest BCUT2D eigenvalue weighted by Crippen LogP contribution is 2.63. The van der Waals surface area contributed by atoms with Gasteiger partial charge >= 0.3 is 0 Å². The standard InChI is InChI=1S/C31H34O4/c1-31-18-27(19-3-7-23(8-4-19)35-24-11-9-22(34-2)10-12-24)30-25-14-6-21(32)17-20(25)5-13-26(30)28(31)15-16-29(31)33/h3-4,7-12,17,26-29,33H,5-6,13-16,18H2,1-2H3. The second-order valence-electron chi connectivity index (χ2n) is 11.0. The number of carbonyl (C=O) groups excluding carboxylic acids is 1. The number of carbonyl (C=O) groups is 1. The van der Waals surface area contributed by atoms with Crippen LogP contribution < -0.4 is 9.47 Å². The summed E-state index contributed by atoms with van der Waals surface area (Å²) >= 11 is 0. The molecule has 35 heavy (non-hydrogen) atoms. The van der Waals surface area contributed by atoms with Crippen molar-refractivity contribution in [1.82, 2.24) is 0 Å². The number of ether oxygens (including phenoxy) is 2. The van der Waals surface area contributed by atoms with Crippen LogP contribution in [0.15, 0.2) is 71.3 Å². The summed E-state index contributed by atoms with van der Waals surface area (Å²) in [6, 6.07) is 16.1. The quantitative estimate of drug-likeness (QED) is 0.537. The van der Waals surface area contributed by atoms with Gasteiger partial charge in [0.15, 0.2) is 5.78 Å². The third kappa shape index (κ3) is 3.83. The molecule has 0 aromatic heterocycles. The highest BCUT2D eigenvalue weighted by atomic mass is 16.5. The molecule has 2 fully saturated rings. The second-order valence-corrected chi connectivity index (χ2v) is 11.0. The van der Waals surface area contributed by atoms with E-state index in [9.17, 15) is 9.90 Å². The molecule has 4 nitrogen and oxygen atoms in total. The summed E-state index contributed by atoms with van der Waals surface area (Å²) in [7, 11) is 1.66. The second kappa shape index (κ2) is 8.67. The van der Waals surface area contributed by atoms with Crippen LogP contribution in [-0.2, 0) is 4.79 Å². The first kappa shape index (κ1) is 22.6. The van der Waals surface area contributed by atoms with Crippen LogP contribution in [0.25, 0.3) is 0 Å². The van der Waals surface area contributed by atoms with E-state index in [0.29, 0.717) is 18.3 Å². The maximum Gasteiger partial charge on any atom is 0.156 e. The van der Waals surface area contributed by atoms with Crippen LogP contribution in [0, 0.1) is 17.3 Å². The Morgan fingerprint density at radius 2 is 1.57 bits per heavy atom. The van der Waals surface area contributed by atoms with Crippen LogP contribution in [-0.4, -0.2) is 24.1 Å². The van der Waals surface area contributed by atoms with Crippen molar-refractivity contribution in [3.63, 3.8) is 0 Å². The molecular weight excluding hydrogens is 436 g/mol. The van der Waals surface area contributed by atoms with E-state index in [-0.39, 0.29) is 23.2 Å². The predicted molar refractivity (Wildman–Crippen MR) is 136 cm³/mol. The summed E-state index contributed by atoms with van der Waals surface area (Å²) in [5, 5.41) is 11.1. The minimum absolute atomic E-state index is 0.0522. The van der Waals surface area contributed by atoms with Crippen LogP contribution in [0.3, 0.4) is 0 Å². The fourth-order valence-corrected chi connectivity index (χ4v) is 7.48. The fraction of sp³-hybridized carbons (Fsp3) is 0.452. The zero-order chi connectivity index (χ0) is 24.2. The van der Waals surface area contributed by atoms with Crippen molar-refractivity contribution in [3.05, 3.63) is 76.9 Å². The van der Waals surface area contributed by atoms with Gasteiger partial charge in [-0.3, -0.25) is 4.79 Å². The van der Waals surface area contributed by atoms with Crippen molar-refractivity contribution in [1.29, 1.82) is 0 Å². The lowest BCUT2D eigenvalue weighted by molar-refractivity contribution is -0.114. The van der Waals surface area contributed by atoms with Crippen molar-refractivity contribution >= 4 is 5.78 Å². The van der Waals surface area contributed by atoms with Gasteiger partial charge in [0, 0.05) is 12.3 Å². The van der Waals surface area contributed by atoms with E-state index in [2.05, 4.69) is 31.2 Å². The molecule has 5 atom stereocenters. The van der Waals surface area contributed by atoms with Crippen LogP contribution in [0.1, 0.15) is 63.4 Å². The number of aliphatic hydroxyl groups excluding tert-OH is 1. The van der Waals surface area contributed by atoms with E-state index in [1.807, 2.05) is 30.3 Å². The number of aliphatic hydroxyl groups is 1. The van der Waals surface area contributed by atoms with E-state index < -0.39 is 0 Å². The molecule has 0 amide bonds. The number of rotatable bonds is 4. The molecule has 2 aromatic rings. The van der Waals surface area contributed by atoms with Gasteiger partial charge in [-0.15, -0.1) is 0 Å². The summed E-state index contributed by atoms with van der Waals surface area (Å²) in [6.45, 7) is 2.32. The molecule has 182 valence electrons. The maximum absolute atomic E-state index is 12.2. The minimum atomic E-state index is -0.232. The van der Waals surface area contributed by atoms with Gasteiger partial charge in [-0.1, -0.05) is 24.6 Å². The molecule has 0 bridgehead atoms. The molecule has 5 unspecified atom stereocenters. The summed E-state index contributed by atoms with van der Waals surface area (Å²) < 4.78 is 11.3. The number of allylic oxidation sites excluding steroid dienone is 4. The predicted octanol–water partition coefficient (Wildman–Crippen LogP) is 6.75. The van der Waals surface area contributed by atoms with Gasteiger partial charge in [-0.05, 0) is 115 Å². The first-order valence-corrected chi connectivity index (χ1v) is 13.0. The third-order valence-electron chi connectivity index (χ3n) is 9.26. The summed E-state index contributed by atoms with van der Waals surface area (Å²) in [6.07, 6.45) is 8.26. The average molecular weight is 471 g/mol.